The number of rotatable bonds is 8. The molecule has 5 rings (SSSR count). The predicted octanol–water partition coefficient (Wildman–Crippen LogP) is 6.83. The first-order valence-corrected chi connectivity index (χ1v) is 13.4. The normalized spacial score (nSPS) is 17.9. The van der Waals surface area contributed by atoms with E-state index in [0.29, 0.717) is 24.3 Å². The highest BCUT2D eigenvalue weighted by Gasteiger charge is 2.30. The average molecular weight is 496 g/mol. The van der Waals surface area contributed by atoms with Gasteiger partial charge in [0.05, 0.1) is 35.4 Å². The quantitative estimate of drug-likeness (QED) is 0.271. The molecule has 0 atom stereocenters. The van der Waals surface area contributed by atoms with Crippen LogP contribution in [0.4, 0.5) is 0 Å². The molecule has 0 spiro atoms. The van der Waals surface area contributed by atoms with Crippen LogP contribution in [-0.2, 0) is 4.74 Å². The van der Waals surface area contributed by atoms with Gasteiger partial charge in [0, 0.05) is 34.8 Å². The van der Waals surface area contributed by atoms with Crippen LogP contribution in [0.2, 0.25) is 0 Å². The first-order valence-electron chi connectivity index (χ1n) is 13.4. The number of hydrogen-bond acceptors (Lipinski definition) is 5. The number of aromatic nitrogens is 4. The molecule has 192 valence electrons. The summed E-state index contributed by atoms with van der Waals surface area (Å²) in [6.07, 6.45) is 8.32. The molecule has 1 aromatic carbocycles. The van der Waals surface area contributed by atoms with E-state index in [2.05, 4.69) is 57.1 Å². The Morgan fingerprint density at radius 2 is 1.81 bits per heavy atom. The van der Waals surface area contributed by atoms with Crippen molar-refractivity contribution in [3.05, 3.63) is 78.4 Å². The van der Waals surface area contributed by atoms with Crippen molar-refractivity contribution in [2.45, 2.75) is 64.3 Å². The van der Waals surface area contributed by atoms with Gasteiger partial charge in [0.1, 0.15) is 5.76 Å². The second kappa shape index (κ2) is 10.9. The summed E-state index contributed by atoms with van der Waals surface area (Å²) < 4.78 is 7.98. The Kier molecular flexibility index (Phi) is 7.38. The molecular formula is C31H37N5O. The Labute approximate surface area is 219 Å². The van der Waals surface area contributed by atoms with Crippen LogP contribution in [-0.4, -0.2) is 39.3 Å². The average Bonchev–Trinajstić information content (AvgIpc) is 3.36. The van der Waals surface area contributed by atoms with Crippen molar-refractivity contribution >= 4 is 11.4 Å². The minimum Gasteiger partial charge on any atom is -0.494 e. The van der Waals surface area contributed by atoms with E-state index in [9.17, 15) is 0 Å². The Morgan fingerprint density at radius 1 is 1.05 bits per heavy atom. The summed E-state index contributed by atoms with van der Waals surface area (Å²) in [5, 5.41) is 8.28. The SMILES string of the molecule is C=C(OCC)c1c(C2CCC(NC)CC2)nc2c(-c3ccc(-c4ccccc4)nc3)cnn2c1C(C)C. The highest BCUT2D eigenvalue weighted by Crippen LogP contribution is 2.40. The van der Waals surface area contributed by atoms with E-state index in [-0.39, 0.29) is 5.92 Å². The Morgan fingerprint density at radius 3 is 2.43 bits per heavy atom. The zero-order chi connectivity index (χ0) is 25.9. The largest absolute Gasteiger partial charge is 0.494 e. The highest BCUT2D eigenvalue weighted by molar-refractivity contribution is 5.79. The van der Waals surface area contributed by atoms with E-state index in [1.807, 2.05) is 42.0 Å². The third-order valence-corrected chi connectivity index (χ3v) is 7.52. The number of nitrogens with one attached hydrogen (secondary N) is 1. The summed E-state index contributed by atoms with van der Waals surface area (Å²) in [5.41, 5.74) is 8.17. The lowest BCUT2D eigenvalue weighted by Gasteiger charge is -2.30. The molecule has 6 heteroatoms. The number of benzene rings is 1. The van der Waals surface area contributed by atoms with E-state index < -0.39 is 0 Å². The molecule has 0 unspecified atom stereocenters. The lowest BCUT2D eigenvalue weighted by Crippen LogP contribution is -2.30. The number of fused-ring (bicyclic) bond motifs is 1. The molecule has 1 N–H and O–H groups in total. The van der Waals surface area contributed by atoms with E-state index in [1.54, 1.807) is 0 Å². The van der Waals surface area contributed by atoms with Crippen molar-refractivity contribution in [1.29, 1.82) is 0 Å². The summed E-state index contributed by atoms with van der Waals surface area (Å²) in [5.74, 6) is 1.27. The first kappa shape index (κ1) is 25.2. The molecule has 1 aliphatic carbocycles. The highest BCUT2D eigenvalue weighted by atomic mass is 16.5. The molecule has 6 nitrogen and oxygen atoms in total. The third-order valence-electron chi connectivity index (χ3n) is 7.52. The van der Waals surface area contributed by atoms with Crippen LogP contribution in [0.15, 0.2) is 61.4 Å². The van der Waals surface area contributed by atoms with Crippen LogP contribution < -0.4 is 5.32 Å². The van der Waals surface area contributed by atoms with Gasteiger partial charge in [-0.1, -0.05) is 56.8 Å². The van der Waals surface area contributed by atoms with Crippen molar-refractivity contribution < 1.29 is 4.74 Å². The monoisotopic (exact) mass is 495 g/mol. The van der Waals surface area contributed by atoms with Crippen molar-refractivity contribution in [3.8, 4) is 22.4 Å². The van der Waals surface area contributed by atoms with Crippen LogP contribution in [0, 0.1) is 0 Å². The molecule has 0 radical (unpaired) electrons. The lowest BCUT2D eigenvalue weighted by molar-refractivity contribution is 0.296. The van der Waals surface area contributed by atoms with Crippen LogP contribution in [0.5, 0.6) is 0 Å². The second-order valence-corrected chi connectivity index (χ2v) is 10.2. The van der Waals surface area contributed by atoms with E-state index in [1.165, 1.54) is 0 Å². The summed E-state index contributed by atoms with van der Waals surface area (Å²) in [6, 6.07) is 15.0. The number of hydrogen-bond donors (Lipinski definition) is 1. The fraction of sp³-hybridized carbons (Fsp3) is 0.387. The zero-order valence-electron chi connectivity index (χ0n) is 22.4. The second-order valence-electron chi connectivity index (χ2n) is 10.2. The molecule has 0 saturated heterocycles. The Hall–Kier alpha value is -3.51. The van der Waals surface area contributed by atoms with Gasteiger partial charge in [0.25, 0.3) is 0 Å². The Bertz CT molecular complexity index is 1370. The van der Waals surface area contributed by atoms with Gasteiger partial charge in [-0.25, -0.2) is 9.50 Å². The molecule has 4 aromatic rings. The van der Waals surface area contributed by atoms with Crippen LogP contribution in [0.25, 0.3) is 33.8 Å². The smallest absolute Gasteiger partial charge is 0.163 e. The van der Waals surface area contributed by atoms with Crippen molar-refractivity contribution in [3.63, 3.8) is 0 Å². The van der Waals surface area contributed by atoms with Crippen molar-refractivity contribution in [2.24, 2.45) is 0 Å². The van der Waals surface area contributed by atoms with Crippen LogP contribution in [0.1, 0.15) is 75.2 Å². The standard InChI is InChI=1S/C31H37N5O/c1-6-37-21(4)28-29(23-12-15-25(32-5)16-13-23)35-31-26(19-34-36(31)30(28)20(2)3)24-14-17-27(33-18-24)22-10-8-7-9-11-22/h7-11,14,17-20,23,25,32H,4,6,12-13,15-16H2,1-3,5H3. The van der Waals surface area contributed by atoms with Crippen LogP contribution >= 0.6 is 0 Å². The maximum Gasteiger partial charge on any atom is 0.163 e. The van der Waals surface area contributed by atoms with E-state index in [0.717, 1.165) is 70.7 Å². The summed E-state index contributed by atoms with van der Waals surface area (Å²) in [4.78, 5) is 10.1. The number of pyridine rings is 1. The Balaban J connectivity index is 1.64. The topological polar surface area (TPSA) is 64.3 Å². The number of ether oxygens (including phenoxy) is 1. The maximum absolute atomic E-state index is 5.99. The third kappa shape index (κ3) is 4.90. The minimum absolute atomic E-state index is 0.219. The van der Waals surface area contributed by atoms with Gasteiger partial charge in [0.15, 0.2) is 5.65 Å². The summed E-state index contributed by atoms with van der Waals surface area (Å²) in [6.45, 7) is 11.3. The van der Waals surface area contributed by atoms with Crippen LogP contribution in [0.3, 0.4) is 0 Å². The lowest BCUT2D eigenvalue weighted by atomic mass is 9.81. The molecule has 1 saturated carbocycles. The molecule has 0 aliphatic heterocycles. The van der Waals surface area contributed by atoms with Gasteiger partial charge in [-0.2, -0.15) is 5.10 Å². The fourth-order valence-electron chi connectivity index (χ4n) is 5.59. The fourth-order valence-corrected chi connectivity index (χ4v) is 5.59. The molecule has 37 heavy (non-hydrogen) atoms. The van der Waals surface area contributed by atoms with Gasteiger partial charge in [-0.15, -0.1) is 0 Å². The summed E-state index contributed by atoms with van der Waals surface area (Å²) >= 11 is 0. The minimum atomic E-state index is 0.219. The van der Waals surface area contributed by atoms with Crippen molar-refractivity contribution in [2.75, 3.05) is 13.7 Å². The summed E-state index contributed by atoms with van der Waals surface area (Å²) in [7, 11) is 2.06. The maximum atomic E-state index is 5.99. The molecule has 1 fully saturated rings. The van der Waals surface area contributed by atoms with E-state index >= 15 is 0 Å². The first-order chi connectivity index (χ1) is 18.0. The van der Waals surface area contributed by atoms with E-state index in [4.69, 9.17) is 19.8 Å². The molecule has 1 aliphatic rings. The van der Waals surface area contributed by atoms with Gasteiger partial charge in [-0.3, -0.25) is 4.98 Å². The van der Waals surface area contributed by atoms with Gasteiger partial charge in [0.2, 0.25) is 0 Å². The molecule has 0 amide bonds. The van der Waals surface area contributed by atoms with Crippen molar-refractivity contribution in [1.82, 2.24) is 24.9 Å². The van der Waals surface area contributed by atoms with Gasteiger partial charge in [-0.05, 0) is 51.6 Å². The molecule has 0 bridgehead atoms. The molecular weight excluding hydrogens is 458 g/mol. The van der Waals surface area contributed by atoms with Gasteiger partial charge < -0.3 is 10.1 Å². The molecule has 3 aromatic heterocycles. The van der Waals surface area contributed by atoms with Gasteiger partial charge >= 0.3 is 0 Å². The number of nitrogens with zero attached hydrogens (tertiary/aromatic N) is 4. The predicted molar refractivity (Wildman–Crippen MR) is 150 cm³/mol. The zero-order valence-corrected chi connectivity index (χ0v) is 22.4. The molecule has 3 heterocycles.